The number of nitrogens with one attached hydrogen (secondary N) is 1. The van der Waals surface area contributed by atoms with Crippen LogP contribution in [0.2, 0.25) is 5.02 Å². The van der Waals surface area contributed by atoms with Crippen LogP contribution >= 0.6 is 11.6 Å². The Kier molecular flexibility index (Phi) is 3.95. The van der Waals surface area contributed by atoms with Crippen molar-refractivity contribution in [2.75, 3.05) is 0 Å². The van der Waals surface area contributed by atoms with Gasteiger partial charge in [0.05, 0.1) is 0 Å². The summed E-state index contributed by atoms with van der Waals surface area (Å²) in [4.78, 5) is 0. The molecule has 104 valence electrons. The summed E-state index contributed by atoms with van der Waals surface area (Å²) in [6, 6.07) is 14.2. The van der Waals surface area contributed by atoms with E-state index in [4.69, 9.17) is 11.6 Å². The van der Waals surface area contributed by atoms with Gasteiger partial charge in [0.15, 0.2) is 0 Å². The molecule has 2 nitrogen and oxygen atoms in total. The summed E-state index contributed by atoms with van der Waals surface area (Å²) in [6.07, 6.45) is 3.18. The Balaban J connectivity index is 1.60. The maximum absolute atomic E-state index is 9.50. The van der Waals surface area contributed by atoms with Crippen LogP contribution in [0.15, 0.2) is 42.5 Å². The average molecular weight is 288 g/mol. The lowest BCUT2D eigenvalue weighted by Crippen LogP contribution is -2.34. The predicted octanol–water partition coefficient (Wildman–Crippen LogP) is 3.69. The van der Waals surface area contributed by atoms with E-state index in [1.165, 1.54) is 16.7 Å². The highest BCUT2D eigenvalue weighted by molar-refractivity contribution is 6.30. The Hall–Kier alpha value is -1.51. The second-order valence-corrected chi connectivity index (χ2v) is 5.84. The first-order chi connectivity index (χ1) is 9.70. The third-order valence-electron chi connectivity index (χ3n) is 3.93. The van der Waals surface area contributed by atoms with Crippen LogP contribution in [-0.4, -0.2) is 11.1 Å². The number of rotatable bonds is 3. The van der Waals surface area contributed by atoms with Gasteiger partial charge >= 0.3 is 0 Å². The summed E-state index contributed by atoms with van der Waals surface area (Å²) in [5.41, 5.74) is 3.89. The van der Waals surface area contributed by atoms with E-state index < -0.39 is 0 Å². The van der Waals surface area contributed by atoms with Crippen LogP contribution in [0.3, 0.4) is 0 Å². The van der Waals surface area contributed by atoms with Crippen molar-refractivity contribution in [2.45, 2.75) is 31.8 Å². The molecule has 0 radical (unpaired) electrons. The molecule has 0 heterocycles. The van der Waals surface area contributed by atoms with Crippen molar-refractivity contribution in [3.05, 3.63) is 64.2 Å². The molecule has 1 aliphatic carbocycles. The van der Waals surface area contributed by atoms with Crippen LogP contribution in [0.1, 0.15) is 23.1 Å². The molecule has 3 rings (SSSR count). The topological polar surface area (TPSA) is 32.3 Å². The van der Waals surface area contributed by atoms with Gasteiger partial charge in [-0.05, 0) is 60.2 Å². The second-order valence-electron chi connectivity index (χ2n) is 5.40. The summed E-state index contributed by atoms with van der Waals surface area (Å²) in [5, 5.41) is 13.9. The lowest BCUT2D eigenvalue weighted by molar-refractivity contribution is 0.450. The maximum Gasteiger partial charge on any atom is 0.115 e. The van der Waals surface area contributed by atoms with Gasteiger partial charge in [-0.15, -0.1) is 0 Å². The molecule has 3 heteroatoms. The van der Waals surface area contributed by atoms with Gasteiger partial charge in [-0.2, -0.15) is 0 Å². The van der Waals surface area contributed by atoms with Crippen molar-refractivity contribution in [1.82, 2.24) is 5.32 Å². The number of fused-ring (bicyclic) bond motifs is 1. The van der Waals surface area contributed by atoms with E-state index in [-0.39, 0.29) is 0 Å². The highest BCUT2D eigenvalue weighted by Gasteiger charge is 2.18. The zero-order chi connectivity index (χ0) is 13.9. The van der Waals surface area contributed by atoms with Crippen molar-refractivity contribution in [2.24, 2.45) is 0 Å². The van der Waals surface area contributed by atoms with Crippen LogP contribution in [0, 0.1) is 0 Å². The quantitative estimate of drug-likeness (QED) is 0.902. The summed E-state index contributed by atoms with van der Waals surface area (Å²) < 4.78 is 0. The summed E-state index contributed by atoms with van der Waals surface area (Å²) in [5.74, 6) is 0.372. The van der Waals surface area contributed by atoms with Crippen LogP contribution in [0.5, 0.6) is 5.75 Å². The highest BCUT2D eigenvalue weighted by Crippen LogP contribution is 2.25. The lowest BCUT2D eigenvalue weighted by atomic mass is 9.88. The number of benzene rings is 2. The molecule has 0 fully saturated rings. The number of aromatic hydroxyl groups is 1. The van der Waals surface area contributed by atoms with E-state index in [2.05, 4.69) is 17.4 Å². The molecule has 20 heavy (non-hydrogen) atoms. The van der Waals surface area contributed by atoms with Crippen LogP contribution < -0.4 is 5.32 Å². The molecule has 0 saturated heterocycles. The minimum atomic E-state index is 0.372. The Morgan fingerprint density at radius 3 is 2.70 bits per heavy atom. The molecular weight excluding hydrogens is 270 g/mol. The molecule has 1 atom stereocenters. The number of hydrogen-bond donors (Lipinski definition) is 2. The fraction of sp³-hybridized carbons (Fsp3) is 0.294. The molecule has 0 aliphatic heterocycles. The molecular formula is C17H18ClNO. The smallest absolute Gasteiger partial charge is 0.115 e. The van der Waals surface area contributed by atoms with Gasteiger partial charge in [0.1, 0.15) is 5.75 Å². The first-order valence-corrected chi connectivity index (χ1v) is 7.37. The van der Waals surface area contributed by atoms with Gasteiger partial charge in [0.25, 0.3) is 0 Å². The van der Waals surface area contributed by atoms with E-state index in [0.717, 1.165) is 30.8 Å². The van der Waals surface area contributed by atoms with Crippen molar-refractivity contribution >= 4 is 11.6 Å². The molecule has 2 N–H and O–H groups in total. The molecule has 0 saturated carbocycles. The van der Waals surface area contributed by atoms with E-state index in [1.54, 1.807) is 6.07 Å². The minimum absolute atomic E-state index is 0.372. The van der Waals surface area contributed by atoms with Gasteiger partial charge in [0.2, 0.25) is 0 Å². The van der Waals surface area contributed by atoms with Gasteiger partial charge < -0.3 is 10.4 Å². The number of halogens is 1. The van der Waals surface area contributed by atoms with Crippen LogP contribution in [-0.2, 0) is 19.4 Å². The third kappa shape index (κ3) is 3.14. The Morgan fingerprint density at radius 1 is 1.10 bits per heavy atom. The van der Waals surface area contributed by atoms with E-state index in [1.807, 2.05) is 24.3 Å². The monoisotopic (exact) mass is 287 g/mol. The molecule has 0 bridgehead atoms. The molecule has 2 aromatic carbocycles. The van der Waals surface area contributed by atoms with Crippen molar-refractivity contribution < 1.29 is 5.11 Å². The van der Waals surface area contributed by atoms with Gasteiger partial charge in [-0.25, -0.2) is 0 Å². The van der Waals surface area contributed by atoms with Gasteiger partial charge in [0, 0.05) is 17.6 Å². The largest absolute Gasteiger partial charge is 0.508 e. The fourth-order valence-corrected chi connectivity index (χ4v) is 2.91. The van der Waals surface area contributed by atoms with Crippen molar-refractivity contribution in [3.63, 3.8) is 0 Å². The normalized spacial score (nSPS) is 17.8. The van der Waals surface area contributed by atoms with Crippen molar-refractivity contribution in [1.29, 1.82) is 0 Å². The number of hydrogen-bond acceptors (Lipinski definition) is 2. The molecule has 2 aromatic rings. The number of aryl methyl sites for hydroxylation is 1. The Morgan fingerprint density at radius 2 is 1.90 bits per heavy atom. The highest BCUT2D eigenvalue weighted by atomic mass is 35.5. The van der Waals surface area contributed by atoms with Gasteiger partial charge in [-0.1, -0.05) is 29.8 Å². The molecule has 0 aromatic heterocycles. The lowest BCUT2D eigenvalue weighted by Gasteiger charge is -2.25. The first-order valence-electron chi connectivity index (χ1n) is 6.99. The van der Waals surface area contributed by atoms with Crippen LogP contribution in [0.25, 0.3) is 0 Å². The molecule has 0 spiro atoms. The summed E-state index contributed by atoms with van der Waals surface area (Å²) >= 11 is 5.89. The van der Waals surface area contributed by atoms with Gasteiger partial charge in [-0.3, -0.25) is 0 Å². The van der Waals surface area contributed by atoms with Crippen LogP contribution in [0.4, 0.5) is 0 Å². The average Bonchev–Trinajstić information content (AvgIpc) is 2.46. The second kappa shape index (κ2) is 5.86. The number of phenols is 1. The minimum Gasteiger partial charge on any atom is -0.508 e. The maximum atomic E-state index is 9.50. The first kappa shape index (κ1) is 13.5. The SMILES string of the molecule is Oc1ccc2c(c1)CCC(NCc1ccc(Cl)cc1)C2. The predicted molar refractivity (Wildman–Crippen MR) is 82.2 cm³/mol. The standard InChI is InChI=1S/C17H18ClNO/c18-15-5-1-12(2-6-15)11-19-16-7-3-14-10-17(20)8-4-13(14)9-16/h1-2,4-6,8,10,16,19-20H,3,7,9,11H2. The fourth-order valence-electron chi connectivity index (χ4n) is 2.78. The molecule has 0 amide bonds. The Bertz CT molecular complexity index is 594. The summed E-state index contributed by atoms with van der Waals surface area (Å²) in [7, 11) is 0. The molecule has 1 aliphatic rings. The van der Waals surface area contributed by atoms with E-state index in [0.29, 0.717) is 11.8 Å². The third-order valence-corrected chi connectivity index (χ3v) is 4.18. The van der Waals surface area contributed by atoms with E-state index in [9.17, 15) is 5.11 Å². The van der Waals surface area contributed by atoms with Crippen molar-refractivity contribution in [3.8, 4) is 5.75 Å². The zero-order valence-electron chi connectivity index (χ0n) is 11.3. The number of phenolic OH excluding ortho intramolecular Hbond substituents is 1. The zero-order valence-corrected chi connectivity index (χ0v) is 12.0. The Labute approximate surface area is 124 Å². The van der Waals surface area contributed by atoms with E-state index >= 15 is 0 Å². The summed E-state index contributed by atoms with van der Waals surface area (Å²) in [6.45, 7) is 0.870. The molecule has 1 unspecified atom stereocenters.